The molecule has 1 saturated heterocycles. The number of halogens is 1. The van der Waals surface area contributed by atoms with Crippen LogP contribution in [-0.2, 0) is 11.3 Å². The van der Waals surface area contributed by atoms with E-state index >= 15 is 0 Å². The predicted molar refractivity (Wildman–Crippen MR) is 94.4 cm³/mol. The average molecular weight is 335 g/mol. The quantitative estimate of drug-likeness (QED) is 0.902. The third-order valence-corrected chi connectivity index (χ3v) is 5.69. The number of hydrogen-bond acceptors (Lipinski definition) is 2. The highest BCUT2D eigenvalue weighted by Crippen LogP contribution is 2.30. The van der Waals surface area contributed by atoms with Crippen molar-refractivity contribution in [3.8, 4) is 0 Å². The second kappa shape index (κ2) is 7.67. The van der Waals surface area contributed by atoms with Crippen molar-refractivity contribution in [2.24, 2.45) is 5.92 Å². The first-order valence-electron chi connectivity index (χ1n) is 8.92. The summed E-state index contributed by atoms with van der Waals surface area (Å²) < 4.78 is 0. The summed E-state index contributed by atoms with van der Waals surface area (Å²) in [5.74, 6) is 0.500. The van der Waals surface area contributed by atoms with E-state index in [2.05, 4.69) is 17.1 Å². The molecule has 3 nitrogen and oxygen atoms in total. The number of carbonyl (C=O) groups excluding carboxylic acids is 1. The van der Waals surface area contributed by atoms with Gasteiger partial charge in [-0.25, -0.2) is 0 Å². The third-order valence-electron chi connectivity index (χ3n) is 5.32. The van der Waals surface area contributed by atoms with Gasteiger partial charge >= 0.3 is 0 Å². The number of nitrogens with one attached hydrogen (secondary N) is 1. The molecule has 0 bridgehead atoms. The highest BCUT2D eigenvalue weighted by molar-refractivity contribution is 6.31. The number of nitrogens with zero attached hydrogens (tertiary/aromatic N) is 1. The Morgan fingerprint density at radius 3 is 2.70 bits per heavy atom. The van der Waals surface area contributed by atoms with Gasteiger partial charge in [-0.3, -0.25) is 4.79 Å². The Bertz CT molecular complexity index is 542. The maximum atomic E-state index is 13.2. The van der Waals surface area contributed by atoms with Crippen molar-refractivity contribution < 1.29 is 4.79 Å². The van der Waals surface area contributed by atoms with Crippen molar-refractivity contribution in [3.05, 3.63) is 34.9 Å². The lowest BCUT2D eigenvalue weighted by Gasteiger charge is -2.35. The molecule has 1 aromatic carbocycles. The molecule has 1 aliphatic heterocycles. The number of hydrogen-bond donors (Lipinski definition) is 1. The van der Waals surface area contributed by atoms with Crippen molar-refractivity contribution in [3.63, 3.8) is 0 Å². The molecule has 0 unspecified atom stereocenters. The van der Waals surface area contributed by atoms with Gasteiger partial charge < -0.3 is 10.2 Å². The minimum atomic E-state index is 0.161. The van der Waals surface area contributed by atoms with Crippen molar-refractivity contribution in [2.75, 3.05) is 6.54 Å². The van der Waals surface area contributed by atoms with E-state index in [4.69, 9.17) is 11.6 Å². The van der Waals surface area contributed by atoms with E-state index < -0.39 is 0 Å². The Kier molecular flexibility index (Phi) is 5.60. The van der Waals surface area contributed by atoms with Crippen molar-refractivity contribution in [2.45, 2.75) is 64.1 Å². The van der Waals surface area contributed by atoms with E-state index in [1.807, 2.05) is 24.3 Å². The number of piperidine rings is 1. The monoisotopic (exact) mass is 334 g/mol. The molecule has 2 aliphatic rings. The number of rotatable bonds is 4. The first-order chi connectivity index (χ1) is 11.1. The van der Waals surface area contributed by atoms with Crippen molar-refractivity contribution in [1.82, 2.24) is 10.2 Å². The molecule has 1 heterocycles. The van der Waals surface area contributed by atoms with Crippen LogP contribution in [0.1, 0.15) is 51.0 Å². The van der Waals surface area contributed by atoms with E-state index in [1.54, 1.807) is 0 Å². The summed E-state index contributed by atoms with van der Waals surface area (Å²) >= 11 is 6.34. The Labute approximate surface area is 144 Å². The molecule has 1 saturated carbocycles. The zero-order valence-corrected chi connectivity index (χ0v) is 14.7. The second-order valence-electron chi connectivity index (χ2n) is 7.07. The molecule has 0 aromatic heterocycles. The Morgan fingerprint density at radius 1 is 1.26 bits per heavy atom. The lowest BCUT2D eigenvalue weighted by Crippen LogP contribution is -2.46. The Morgan fingerprint density at radius 2 is 2.00 bits per heavy atom. The summed E-state index contributed by atoms with van der Waals surface area (Å²) in [7, 11) is 0. The average Bonchev–Trinajstić information content (AvgIpc) is 3.08. The van der Waals surface area contributed by atoms with Gasteiger partial charge in [-0.1, -0.05) is 42.6 Å². The summed E-state index contributed by atoms with van der Waals surface area (Å²) in [4.78, 5) is 15.3. The summed E-state index contributed by atoms with van der Waals surface area (Å²) in [6.45, 7) is 3.77. The molecule has 23 heavy (non-hydrogen) atoms. The van der Waals surface area contributed by atoms with Gasteiger partial charge in [0.2, 0.25) is 5.91 Å². The number of benzene rings is 1. The number of carbonyl (C=O) groups is 1. The summed E-state index contributed by atoms with van der Waals surface area (Å²) in [6, 6.07) is 8.74. The van der Waals surface area contributed by atoms with Crippen LogP contribution in [0.3, 0.4) is 0 Å². The van der Waals surface area contributed by atoms with Crippen LogP contribution in [-0.4, -0.2) is 29.4 Å². The van der Waals surface area contributed by atoms with E-state index in [0.29, 0.717) is 24.5 Å². The molecular weight excluding hydrogens is 308 g/mol. The largest absolute Gasteiger partial charge is 0.335 e. The molecule has 3 rings (SSSR count). The molecule has 2 fully saturated rings. The maximum Gasteiger partial charge on any atom is 0.226 e. The molecule has 0 radical (unpaired) electrons. The third kappa shape index (κ3) is 4.07. The molecule has 1 N–H and O–H groups in total. The molecule has 2 atom stereocenters. The molecule has 1 aromatic rings. The van der Waals surface area contributed by atoms with E-state index in [1.165, 1.54) is 12.8 Å². The van der Waals surface area contributed by atoms with Gasteiger partial charge in [0.05, 0.1) is 0 Å². The number of amides is 1. The Hall–Kier alpha value is -1.06. The zero-order chi connectivity index (χ0) is 16.2. The van der Waals surface area contributed by atoms with Gasteiger partial charge in [-0.15, -0.1) is 0 Å². The first-order valence-corrected chi connectivity index (χ1v) is 9.30. The van der Waals surface area contributed by atoms with Gasteiger partial charge in [0, 0.05) is 29.6 Å². The van der Waals surface area contributed by atoms with Crippen LogP contribution in [0.2, 0.25) is 5.02 Å². The molecule has 0 spiro atoms. The zero-order valence-electron chi connectivity index (χ0n) is 13.9. The van der Waals surface area contributed by atoms with Gasteiger partial charge in [0.15, 0.2) is 0 Å². The van der Waals surface area contributed by atoms with Crippen LogP contribution < -0.4 is 5.32 Å². The molecular formula is C19H27ClN2O. The van der Waals surface area contributed by atoms with Gasteiger partial charge in [0.1, 0.15) is 0 Å². The van der Waals surface area contributed by atoms with Crippen LogP contribution in [0.5, 0.6) is 0 Å². The second-order valence-corrected chi connectivity index (χ2v) is 7.48. The molecule has 4 heteroatoms. The minimum Gasteiger partial charge on any atom is -0.335 e. The molecule has 1 aliphatic carbocycles. The highest BCUT2D eigenvalue weighted by atomic mass is 35.5. The van der Waals surface area contributed by atoms with E-state index in [-0.39, 0.29) is 5.92 Å². The molecule has 126 valence electrons. The lowest BCUT2D eigenvalue weighted by atomic mass is 9.91. The van der Waals surface area contributed by atoms with Gasteiger partial charge in [-0.2, -0.15) is 0 Å². The fourth-order valence-electron chi connectivity index (χ4n) is 4.00. The van der Waals surface area contributed by atoms with Crippen molar-refractivity contribution in [1.29, 1.82) is 0 Å². The fraction of sp³-hybridized carbons (Fsp3) is 0.632. The summed E-state index contributed by atoms with van der Waals surface area (Å²) in [5.41, 5.74) is 1.07. The van der Waals surface area contributed by atoms with Gasteiger partial charge in [-0.05, 0) is 50.8 Å². The van der Waals surface area contributed by atoms with E-state index in [9.17, 15) is 4.79 Å². The standard InChI is InChI=1S/C19H27ClN2O/c1-14-12-15(10-11-21-14)19(23)22(17-7-3-4-8-17)13-16-6-2-5-9-18(16)20/h2,5-6,9,14-15,17,21H,3-4,7-8,10-13H2,1H3/t14-,15-/m0/s1. The van der Waals surface area contributed by atoms with Crippen LogP contribution in [0.4, 0.5) is 0 Å². The smallest absolute Gasteiger partial charge is 0.226 e. The SMILES string of the molecule is C[C@H]1C[C@@H](C(=O)N(Cc2ccccc2Cl)C2CCCC2)CCN1. The first kappa shape index (κ1) is 16.8. The normalized spacial score (nSPS) is 25.5. The van der Waals surface area contributed by atoms with Crippen molar-refractivity contribution >= 4 is 17.5 Å². The topological polar surface area (TPSA) is 32.3 Å². The predicted octanol–water partition coefficient (Wildman–Crippen LogP) is 4.00. The van der Waals surface area contributed by atoms with Crippen LogP contribution in [0, 0.1) is 5.92 Å². The summed E-state index contributed by atoms with van der Waals surface area (Å²) in [6.07, 6.45) is 6.64. The lowest BCUT2D eigenvalue weighted by molar-refractivity contribution is -0.139. The van der Waals surface area contributed by atoms with E-state index in [0.717, 1.165) is 42.8 Å². The van der Waals surface area contributed by atoms with Gasteiger partial charge in [0.25, 0.3) is 0 Å². The highest BCUT2D eigenvalue weighted by Gasteiger charge is 2.33. The van der Waals surface area contributed by atoms with Crippen LogP contribution >= 0.6 is 11.6 Å². The van der Waals surface area contributed by atoms with Crippen LogP contribution in [0.15, 0.2) is 24.3 Å². The van der Waals surface area contributed by atoms with Crippen LogP contribution in [0.25, 0.3) is 0 Å². The molecule has 1 amide bonds. The maximum absolute atomic E-state index is 13.2. The fourth-order valence-corrected chi connectivity index (χ4v) is 4.20. The summed E-state index contributed by atoms with van der Waals surface area (Å²) in [5, 5.41) is 4.21. The minimum absolute atomic E-state index is 0.161. The Balaban J connectivity index is 1.77.